The van der Waals surface area contributed by atoms with Gasteiger partial charge in [-0.15, -0.1) is 11.3 Å². The molecule has 3 aromatic rings. The van der Waals surface area contributed by atoms with Gasteiger partial charge in [0.05, 0.1) is 23.0 Å². The minimum Gasteiger partial charge on any atom is -0.464 e. The van der Waals surface area contributed by atoms with E-state index in [4.69, 9.17) is 5.73 Å². The molecule has 0 amide bonds. The highest BCUT2D eigenvalue weighted by Crippen LogP contribution is 2.35. The number of fused-ring (bicyclic) bond motifs is 1. The highest BCUT2D eigenvalue weighted by molar-refractivity contribution is 8.01. The standard InChI is InChI=1S/C14H11N3O2S2/c1-19-13(18)10-7-6-8(15)12(16-10)21-14-17-9-4-2-3-5-11(9)20-14/h2-7H,15H2,1H3. The monoisotopic (exact) mass is 317 g/mol. The third-order valence-electron chi connectivity index (χ3n) is 2.74. The molecular formula is C14H11N3O2S2. The molecule has 0 spiro atoms. The van der Waals surface area contributed by atoms with E-state index < -0.39 is 5.97 Å². The molecule has 106 valence electrons. The van der Waals surface area contributed by atoms with E-state index in [1.54, 1.807) is 23.5 Å². The average Bonchev–Trinajstić information content (AvgIpc) is 2.91. The number of nitrogens with zero attached hydrogens (tertiary/aromatic N) is 2. The van der Waals surface area contributed by atoms with Crippen LogP contribution in [0, 0.1) is 0 Å². The van der Waals surface area contributed by atoms with Crippen molar-refractivity contribution in [2.24, 2.45) is 0 Å². The third kappa shape index (κ3) is 2.84. The Bertz CT molecular complexity index is 784. The van der Waals surface area contributed by atoms with Gasteiger partial charge in [-0.3, -0.25) is 0 Å². The molecule has 0 radical (unpaired) electrons. The Hall–Kier alpha value is -2.12. The number of hydrogen-bond acceptors (Lipinski definition) is 7. The minimum atomic E-state index is -0.485. The Labute approximate surface area is 129 Å². The van der Waals surface area contributed by atoms with Crippen molar-refractivity contribution in [1.29, 1.82) is 0 Å². The number of esters is 1. The van der Waals surface area contributed by atoms with Crippen LogP contribution in [-0.2, 0) is 4.74 Å². The molecule has 0 unspecified atom stereocenters. The van der Waals surface area contributed by atoms with Crippen LogP contribution in [0.5, 0.6) is 0 Å². The van der Waals surface area contributed by atoms with E-state index >= 15 is 0 Å². The quantitative estimate of drug-likeness (QED) is 0.747. The first-order valence-electron chi connectivity index (χ1n) is 6.05. The normalized spacial score (nSPS) is 10.7. The average molecular weight is 317 g/mol. The fourth-order valence-corrected chi connectivity index (χ4v) is 3.74. The van der Waals surface area contributed by atoms with E-state index in [2.05, 4.69) is 14.7 Å². The lowest BCUT2D eigenvalue weighted by molar-refractivity contribution is 0.0593. The number of nitrogens with two attached hydrogens (primary N) is 1. The van der Waals surface area contributed by atoms with Crippen molar-refractivity contribution in [3.63, 3.8) is 0 Å². The SMILES string of the molecule is COC(=O)c1ccc(N)c(Sc2nc3ccccc3s2)n1. The summed E-state index contributed by atoms with van der Waals surface area (Å²) in [5.41, 5.74) is 7.59. The summed E-state index contributed by atoms with van der Waals surface area (Å²) in [6.45, 7) is 0. The van der Waals surface area contributed by atoms with Crippen LogP contribution < -0.4 is 5.73 Å². The fraction of sp³-hybridized carbons (Fsp3) is 0.0714. The molecule has 0 aliphatic heterocycles. The summed E-state index contributed by atoms with van der Waals surface area (Å²) in [6, 6.07) is 11.1. The summed E-state index contributed by atoms with van der Waals surface area (Å²) in [5, 5.41) is 0.553. The van der Waals surface area contributed by atoms with Gasteiger partial charge in [0.1, 0.15) is 10.7 Å². The lowest BCUT2D eigenvalue weighted by atomic mass is 10.3. The van der Waals surface area contributed by atoms with Crippen molar-refractivity contribution >= 4 is 45.0 Å². The van der Waals surface area contributed by atoms with Crippen LogP contribution in [0.1, 0.15) is 10.5 Å². The first-order chi connectivity index (χ1) is 10.2. The highest BCUT2D eigenvalue weighted by Gasteiger charge is 2.13. The molecule has 0 saturated carbocycles. The molecule has 0 aliphatic carbocycles. The summed E-state index contributed by atoms with van der Waals surface area (Å²) < 4.78 is 6.60. The van der Waals surface area contributed by atoms with Crippen molar-refractivity contribution in [3.8, 4) is 0 Å². The molecule has 0 saturated heterocycles. The minimum absolute atomic E-state index is 0.232. The van der Waals surface area contributed by atoms with Gasteiger partial charge in [0.15, 0.2) is 4.34 Å². The molecular weight excluding hydrogens is 306 g/mol. The zero-order valence-corrected chi connectivity index (χ0v) is 12.7. The van der Waals surface area contributed by atoms with Gasteiger partial charge in [-0.05, 0) is 36.0 Å². The van der Waals surface area contributed by atoms with Crippen molar-refractivity contribution in [2.75, 3.05) is 12.8 Å². The van der Waals surface area contributed by atoms with E-state index in [1.807, 2.05) is 24.3 Å². The Morgan fingerprint density at radius 1 is 1.24 bits per heavy atom. The van der Waals surface area contributed by atoms with Gasteiger partial charge in [0.25, 0.3) is 0 Å². The number of pyridine rings is 1. The van der Waals surface area contributed by atoms with Crippen LogP contribution in [-0.4, -0.2) is 23.0 Å². The smallest absolute Gasteiger partial charge is 0.356 e. The molecule has 0 aliphatic rings. The third-order valence-corrected chi connectivity index (χ3v) is 4.86. The topological polar surface area (TPSA) is 78.1 Å². The van der Waals surface area contributed by atoms with Crippen LogP contribution in [0.2, 0.25) is 0 Å². The molecule has 21 heavy (non-hydrogen) atoms. The molecule has 0 atom stereocenters. The van der Waals surface area contributed by atoms with Crippen molar-refractivity contribution in [2.45, 2.75) is 9.37 Å². The number of anilines is 1. The van der Waals surface area contributed by atoms with Gasteiger partial charge >= 0.3 is 5.97 Å². The predicted molar refractivity (Wildman–Crippen MR) is 83.7 cm³/mol. The zero-order chi connectivity index (χ0) is 14.8. The number of aromatic nitrogens is 2. The Morgan fingerprint density at radius 2 is 2.05 bits per heavy atom. The van der Waals surface area contributed by atoms with Gasteiger partial charge in [-0.25, -0.2) is 14.8 Å². The van der Waals surface area contributed by atoms with Gasteiger partial charge in [0.2, 0.25) is 0 Å². The first kappa shape index (κ1) is 13.8. The molecule has 1 aromatic carbocycles. The molecule has 0 bridgehead atoms. The second-order valence-electron chi connectivity index (χ2n) is 4.13. The van der Waals surface area contributed by atoms with Crippen molar-refractivity contribution in [1.82, 2.24) is 9.97 Å². The molecule has 3 rings (SSSR count). The van der Waals surface area contributed by atoms with E-state index in [1.165, 1.54) is 18.9 Å². The number of ether oxygens (including phenoxy) is 1. The van der Waals surface area contributed by atoms with E-state index in [0.29, 0.717) is 10.7 Å². The second-order valence-corrected chi connectivity index (χ2v) is 6.40. The van der Waals surface area contributed by atoms with E-state index in [0.717, 1.165) is 14.6 Å². The summed E-state index contributed by atoms with van der Waals surface area (Å²) in [5.74, 6) is -0.485. The maximum Gasteiger partial charge on any atom is 0.356 e. The summed E-state index contributed by atoms with van der Waals surface area (Å²) in [4.78, 5) is 20.3. The van der Waals surface area contributed by atoms with Gasteiger partial charge in [-0.2, -0.15) is 0 Å². The van der Waals surface area contributed by atoms with Gasteiger partial charge in [-0.1, -0.05) is 12.1 Å². The highest BCUT2D eigenvalue weighted by atomic mass is 32.2. The summed E-state index contributed by atoms with van der Waals surface area (Å²) in [6.07, 6.45) is 0. The second kappa shape index (κ2) is 5.71. The number of carbonyl (C=O) groups excluding carboxylic acids is 1. The van der Waals surface area contributed by atoms with Gasteiger partial charge < -0.3 is 10.5 Å². The molecule has 7 heteroatoms. The molecule has 2 heterocycles. The largest absolute Gasteiger partial charge is 0.464 e. The fourth-order valence-electron chi connectivity index (χ4n) is 1.73. The number of benzene rings is 1. The van der Waals surface area contributed by atoms with E-state index in [-0.39, 0.29) is 5.69 Å². The van der Waals surface area contributed by atoms with Crippen LogP contribution in [0.4, 0.5) is 5.69 Å². The number of thiazole rings is 1. The Morgan fingerprint density at radius 3 is 2.81 bits per heavy atom. The number of hydrogen-bond donors (Lipinski definition) is 1. The molecule has 0 fully saturated rings. The zero-order valence-electron chi connectivity index (χ0n) is 11.1. The van der Waals surface area contributed by atoms with Gasteiger partial charge in [0, 0.05) is 0 Å². The van der Waals surface area contributed by atoms with Crippen LogP contribution in [0.3, 0.4) is 0 Å². The van der Waals surface area contributed by atoms with Crippen molar-refractivity contribution < 1.29 is 9.53 Å². The van der Waals surface area contributed by atoms with Crippen LogP contribution in [0.25, 0.3) is 10.2 Å². The molecule has 2 N–H and O–H groups in total. The Kier molecular flexibility index (Phi) is 3.76. The van der Waals surface area contributed by atoms with E-state index in [9.17, 15) is 4.79 Å². The first-order valence-corrected chi connectivity index (χ1v) is 7.69. The predicted octanol–water partition coefficient (Wildman–Crippen LogP) is 3.21. The van der Waals surface area contributed by atoms with Crippen molar-refractivity contribution in [3.05, 3.63) is 42.1 Å². The molecule has 2 aromatic heterocycles. The number of nitrogen functional groups attached to an aromatic ring is 1. The number of methoxy groups -OCH3 is 1. The number of rotatable bonds is 3. The lowest BCUT2D eigenvalue weighted by Gasteiger charge is -2.04. The number of carbonyl (C=O) groups is 1. The Balaban J connectivity index is 1.94. The summed E-state index contributed by atoms with van der Waals surface area (Å²) in [7, 11) is 1.32. The summed E-state index contributed by atoms with van der Waals surface area (Å²) >= 11 is 2.91. The lowest BCUT2D eigenvalue weighted by Crippen LogP contribution is -2.05. The van der Waals surface area contributed by atoms with Crippen LogP contribution in [0.15, 0.2) is 45.8 Å². The van der Waals surface area contributed by atoms with Crippen LogP contribution >= 0.6 is 23.1 Å². The maximum absolute atomic E-state index is 11.5. The molecule has 5 nitrogen and oxygen atoms in total. The maximum atomic E-state index is 11.5. The number of para-hydroxylation sites is 1.